The third-order valence-corrected chi connectivity index (χ3v) is 17.9. The molecule has 0 radical (unpaired) electrons. The van der Waals surface area contributed by atoms with E-state index in [-0.39, 0.29) is 11.8 Å². The van der Waals surface area contributed by atoms with E-state index < -0.39 is 0 Å². The largest absolute Gasteiger partial charge is 0.493 e. The number of benzene rings is 1. The van der Waals surface area contributed by atoms with Gasteiger partial charge >= 0.3 is 0 Å². The molecule has 2 N–H and O–H groups in total. The quantitative estimate of drug-likeness (QED) is 0.0639. The predicted octanol–water partition coefficient (Wildman–Crippen LogP) is 25.8. The summed E-state index contributed by atoms with van der Waals surface area (Å²) in [7, 11) is 0. The molecule has 0 aromatic heterocycles. The van der Waals surface area contributed by atoms with Crippen LogP contribution in [0.5, 0.6) is 5.75 Å². The number of carbonyl (C=O) groups excluding carboxylic acids is 2. The maximum absolute atomic E-state index is 13.5. The first-order valence-corrected chi connectivity index (χ1v) is 37.5. The third-order valence-electron chi connectivity index (χ3n) is 17.9. The third kappa shape index (κ3) is 55.6. The zero-order chi connectivity index (χ0) is 58.1. The van der Waals surface area contributed by atoms with Crippen molar-refractivity contribution in [2.24, 2.45) is 0 Å². The Morgan fingerprint density at radius 2 is 0.481 bits per heavy atom. The SMILES string of the molecule is CCCCCCCCCCCCCCCCCCCCCCCCCCNC(=O)c1ccc(C(=O)NCCCCCCCCCCCCCCCCCCCCCCCCCC)c(OCCCCCCCCCCCCCCCC)c1. The van der Waals surface area contributed by atoms with Gasteiger partial charge in [0.15, 0.2) is 0 Å². The zero-order valence-electron chi connectivity index (χ0n) is 55.4. The average Bonchev–Trinajstić information content (AvgIpc) is 3.48. The first kappa shape index (κ1) is 77.0. The molecule has 0 aliphatic carbocycles. The second-order valence-electron chi connectivity index (χ2n) is 25.9. The van der Waals surface area contributed by atoms with Crippen LogP contribution in [-0.2, 0) is 0 Å². The van der Waals surface area contributed by atoms with Crippen molar-refractivity contribution in [3.05, 3.63) is 29.3 Å². The Balaban J connectivity index is 2.25. The lowest BCUT2D eigenvalue weighted by molar-refractivity contribution is 0.0937. The van der Waals surface area contributed by atoms with Crippen molar-refractivity contribution in [1.29, 1.82) is 0 Å². The van der Waals surface area contributed by atoms with Crippen molar-refractivity contribution in [3.63, 3.8) is 0 Å². The standard InChI is InChI=1S/C76H144N2O3/c1-4-7-10-13-16-19-22-25-28-30-32-34-36-38-40-42-44-46-48-51-54-57-60-63-68-77-75(79)72-66-67-73(74(71-72)81-70-65-62-59-56-53-50-27-24-21-18-15-12-9-6-3)76(80)78-69-64-61-58-55-52-49-47-45-43-41-39-37-35-33-31-29-26-23-20-17-14-11-8-5-2/h66-67,71H,4-65,68-70H2,1-3H3,(H,77,79)(H,78,80). The minimum atomic E-state index is -0.0905. The van der Waals surface area contributed by atoms with Crippen LogP contribution in [0.15, 0.2) is 18.2 Å². The van der Waals surface area contributed by atoms with E-state index in [1.807, 2.05) is 18.2 Å². The molecule has 1 aromatic rings. The van der Waals surface area contributed by atoms with Gasteiger partial charge in [0.1, 0.15) is 5.75 Å². The van der Waals surface area contributed by atoms with Gasteiger partial charge in [0.05, 0.1) is 12.2 Å². The highest BCUT2D eigenvalue weighted by atomic mass is 16.5. The minimum Gasteiger partial charge on any atom is -0.493 e. The van der Waals surface area contributed by atoms with E-state index in [2.05, 4.69) is 31.4 Å². The van der Waals surface area contributed by atoms with Crippen LogP contribution >= 0.6 is 0 Å². The molecule has 81 heavy (non-hydrogen) atoms. The van der Waals surface area contributed by atoms with Crippen LogP contribution in [-0.4, -0.2) is 31.5 Å². The van der Waals surface area contributed by atoms with Crippen LogP contribution in [0.2, 0.25) is 0 Å². The zero-order valence-corrected chi connectivity index (χ0v) is 55.4. The molecule has 1 aromatic carbocycles. The smallest absolute Gasteiger partial charge is 0.255 e. The molecule has 0 heterocycles. The lowest BCUT2D eigenvalue weighted by Gasteiger charge is -2.14. The number of carbonyl (C=O) groups is 2. The van der Waals surface area contributed by atoms with Gasteiger partial charge in [-0.25, -0.2) is 0 Å². The second kappa shape index (κ2) is 65.5. The molecule has 5 heteroatoms. The van der Waals surface area contributed by atoms with Gasteiger partial charge in [0.2, 0.25) is 0 Å². The lowest BCUT2D eigenvalue weighted by atomic mass is 10.0. The van der Waals surface area contributed by atoms with Crippen molar-refractivity contribution in [2.45, 2.75) is 419 Å². The molecular weight excluding hydrogens is 989 g/mol. The molecule has 0 spiro atoms. The fourth-order valence-corrected chi connectivity index (χ4v) is 12.2. The van der Waals surface area contributed by atoms with Gasteiger partial charge in [0.25, 0.3) is 11.8 Å². The topological polar surface area (TPSA) is 67.4 Å². The monoisotopic (exact) mass is 1130 g/mol. The van der Waals surface area contributed by atoms with Crippen LogP contribution in [0, 0.1) is 0 Å². The van der Waals surface area contributed by atoms with Crippen molar-refractivity contribution in [3.8, 4) is 5.75 Å². The van der Waals surface area contributed by atoms with Gasteiger partial charge in [-0.05, 0) is 37.5 Å². The average molecular weight is 1130 g/mol. The van der Waals surface area contributed by atoms with Gasteiger partial charge in [-0.3, -0.25) is 9.59 Å². The van der Waals surface area contributed by atoms with Crippen molar-refractivity contribution < 1.29 is 14.3 Å². The number of nitrogens with one attached hydrogen (secondary N) is 2. The highest BCUT2D eigenvalue weighted by molar-refractivity contribution is 6.00. The van der Waals surface area contributed by atoms with Crippen LogP contribution in [0.25, 0.3) is 0 Å². The van der Waals surface area contributed by atoms with Crippen molar-refractivity contribution >= 4 is 11.8 Å². The fraction of sp³-hybridized carbons (Fsp3) is 0.895. The van der Waals surface area contributed by atoms with E-state index in [4.69, 9.17) is 4.74 Å². The molecule has 0 unspecified atom stereocenters. The molecule has 0 saturated heterocycles. The Labute approximate surface area is 508 Å². The Hall–Kier alpha value is -2.04. The summed E-state index contributed by atoms with van der Waals surface area (Å²) in [5, 5.41) is 6.35. The number of rotatable bonds is 68. The summed E-state index contributed by atoms with van der Waals surface area (Å²) in [5.74, 6) is 0.383. The molecule has 0 aliphatic rings. The number of ether oxygens (including phenoxy) is 1. The first-order chi connectivity index (χ1) is 40.1. The Morgan fingerprint density at radius 1 is 0.272 bits per heavy atom. The summed E-state index contributed by atoms with van der Waals surface area (Å²) < 4.78 is 6.33. The Morgan fingerprint density at radius 3 is 0.728 bits per heavy atom. The van der Waals surface area contributed by atoms with Gasteiger partial charge in [-0.1, -0.05) is 400 Å². The van der Waals surface area contributed by atoms with E-state index in [1.54, 1.807) is 0 Å². The van der Waals surface area contributed by atoms with Gasteiger partial charge in [-0.15, -0.1) is 0 Å². The maximum Gasteiger partial charge on any atom is 0.255 e. The maximum atomic E-state index is 13.5. The van der Waals surface area contributed by atoms with E-state index in [0.717, 1.165) is 38.5 Å². The summed E-state index contributed by atoms with van der Waals surface area (Å²) in [4.78, 5) is 26.9. The Kier molecular flexibility index (Phi) is 62.2. The minimum absolute atomic E-state index is 0.0717. The molecule has 1 rings (SSSR count). The normalized spacial score (nSPS) is 11.5. The molecule has 0 bridgehead atoms. The first-order valence-electron chi connectivity index (χ1n) is 37.5. The molecule has 0 atom stereocenters. The van der Waals surface area contributed by atoms with Crippen LogP contribution in [0.1, 0.15) is 440 Å². The summed E-state index contributed by atoms with van der Waals surface area (Å²) in [6.07, 6.45) is 85.0. The summed E-state index contributed by atoms with van der Waals surface area (Å²) in [5.41, 5.74) is 1.13. The van der Waals surface area contributed by atoms with Crippen molar-refractivity contribution in [1.82, 2.24) is 10.6 Å². The van der Waals surface area contributed by atoms with E-state index in [0.29, 0.717) is 36.6 Å². The van der Waals surface area contributed by atoms with Crippen LogP contribution in [0.3, 0.4) is 0 Å². The van der Waals surface area contributed by atoms with Gasteiger partial charge < -0.3 is 15.4 Å². The summed E-state index contributed by atoms with van der Waals surface area (Å²) in [6, 6.07) is 5.43. The van der Waals surface area contributed by atoms with Gasteiger partial charge in [0, 0.05) is 18.7 Å². The second-order valence-corrected chi connectivity index (χ2v) is 25.9. The van der Waals surface area contributed by atoms with Gasteiger partial charge in [-0.2, -0.15) is 0 Å². The highest BCUT2D eigenvalue weighted by Crippen LogP contribution is 2.24. The summed E-state index contributed by atoms with van der Waals surface area (Å²) in [6.45, 7) is 8.84. The Bertz CT molecular complexity index is 1410. The van der Waals surface area contributed by atoms with Crippen LogP contribution < -0.4 is 15.4 Å². The summed E-state index contributed by atoms with van der Waals surface area (Å²) >= 11 is 0. The molecule has 0 fully saturated rings. The predicted molar refractivity (Wildman–Crippen MR) is 360 cm³/mol. The van der Waals surface area contributed by atoms with Crippen LogP contribution in [0.4, 0.5) is 0 Å². The number of hydrogen-bond acceptors (Lipinski definition) is 3. The molecule has 5 nitrogen and oxygen atoms in total. The van der Waals surface area contributed by atoms with E-state index in [9.17, 15) is 9.59 Å². The number of unbranched alkanes of at least 4 members (excludes halogenated alkanes) is 59. The number of amides is 2. The number of hydrogen-bond donors (Lipinski definition) is 2. The lowest BCUT2D eigenvalue weighted by Crippen LogP contribution is -2.26. The molecule has 476 valence electrons. The van der Waals surface area contributed by atoms with E-state index >= 15 is 0 Å². The fourth-order valence-electron chi connectivity index (χ4n) is 12.2. The molecule has 0 saturated carbocycles. The highest BCUT2D eigenvalue weighted by Gasteiger charge is 2.16. The molecule has 0 aliphatic heterocycles. The van der Waals surface area contributed by atoms with Crippen molar-refractivity contribution in [2.75, 3.05) is 19.7 Å². The van der Waals surface area contributed by atoms with E-state index in [1.165, 1.54) is 360 Å². The molecular formula is C76H144N2O3. The molecule has 2 amide bonds.